The minimum Gasteiger partial charge on any atom is -0.344 e. The van der Waals surface area contributed by atoms with Crippen LogP contribution in [0.15, 0.2) is 53.8 Å². The highest BCUT2D eigenvalue weighted by atomic mass is 15.1. The van der Waals surface area contributed by atoms with Gasteiger partial charge in [0.25, 0.3) is 0 Å². The number of para-hydroxylation sites is 1. The van der Waals surface area contributed by atoms with Crippen LogP contribution in [-0.4, -0.2) is 7.05 Å². The number of benzene rings is 1. The lowest BCUT2D eigenvalue weighted by atomic mass is 9.93. The van der Waals surface area contributed by atoms with Gasteiger partial charge in [-0.2, -0.15) is 0 Å². The number of likely N-dealkylation sites (N-methyl/N-ethyl adjacent to an activating group) is 1. The normalized spacial score (nSPS) is 16.5. The second kappa shape index (κ2) is 4.56. The Morgan fingerprint density at radius 2 is 1.81 bits per heavy atom. The van der Waals surface area contributed by atoms with Gasteiger partial charge in [0, 0.05) is 18.4 Å². The summed E-state index contributed by atoms with van der Waals surface area (Å²) in [6, 6.07) is 10.5. The minimum atomic E-state index is 1.13. The van der Waals surface area contributed by atoms with E-state index in [0.29, 0.717) is 0 Å². The molecule has 0 N–H and O–H groups in total. The average Bonchev–Trinajstić information content (AvgIpc) is 2.30. The third-order valence-corrected chi connectivity index (χ3v) is 3.25. The van der Waals surface area contributed by atoms with E-state index in [2.05, 4.69) is 49.7 Å². The van der Waals surface area contributed by atoms with Crippen LogP contribution in [0.25, 0.3) is 0 Å². The van der Waals surface area contributed by atoms with Crippen molar-refractivity contribution in [3.8, 4) is 0 Å². The molecule has 1 aliphatic carbocycles. The van der Waals surface area contributed by atoms with Crippen LogP contribution in [0.2, 0.25) is 0 Å². The van der Waals surface area contributed by atoms with E-state index in [0.717, 1.165) is 6.42 Å². The van der Waals surface area contributed by atoms with Crippen LogP contribution in [0.1, 0.15) is 26.2 Å². The summed E-state index contributed by atoms with van der Waals surface area (Å²) in [5.41, 5.74) is 5.30. The zero-order valence-electron chi connectivity index (χ0n) is 10.2. The lowest BCUT2D eigenvalue weighted by molar-refractivity contribution is 0.751. The summed E-state index contributed by atoms with van der Waals surface area (Å²) in [7, 11) is 2.13. The molecule has 16 heavy (non-hydrogen) atoms. The Morgan fingerprint density at radius 1 is 1.12 bits per heavy atom. The van der Waals surface area contributed by atoms with E-state index in [1.807, 2.05) is 6.07 Å². The van der Waals surface area contributed by atoms with Crippen LogP contribution in [0.3, 0.4) is 0 Å². The summed E-state index contributed by atoms with van der Waals surface area (Å²) in [4.78, 5) is 2.26. The van der Waals surface area contributed by atoms with E-state index in [1.165, 1.54) is 35.4 Å². The minimum absolute atomic E-state index is 1.13. The van der Waals surface area contributed by atoms with Crippen LogP contribution >= 0.6 is 0 Å². The zero-order chi connectivity index (χ0) is 11.5. The number of rotatable bonds is 2. The first kappa shape index (κ1) is 11.0. The van der Waals surface area contributed by atoms with Gasteiger partial charge in [-0.3, -0.25) is 0 Å². The first-order valence-corrected chi connectivity index (χ1v) is 5.87. The summed E-state index contributed by atoms with van der Waals surface area (Å²) >= 11 is 0. The Morgan fingerprint density at radius 3 is 2.44 bits per heavy atom. The lowest BCUT2D eigenvalue weighted by Gasteiger charge is -2.29. The number of nitrogens with zero attached hydrogens (tertiary/aromatic N) is 1. The fourth-order valence-corrected chi connectivity index (χ4v) is 2.41. The van der Waals surface area contributed by atoms with Gasteiger partial charge in [-0.15, -0.1) is 0 Å². The molecule has 1 aliphatic rings. The molecular weight excluding hydrogens is 194 g/mol. The van der Waals surface area contributed by atoms with Crippen LogP contribution in [0, 0.1) is 0 Å². The molecule has 0 aliphatic heterocycles. The van der Waals surface area contributed by atoms with E-state index >= 15 is 0 Å². The molecule has 1 aromatic carbocycles. The maximum absolute atomic E-state index is 4.19. The van der Waals surface area contributed by atoms with Gasteiger partial charge in [0.15, 0.2) is 0 Å². The molecule has 0 atom stereocenters. The highest BCUT2D eigenvalue weighted by molar-refractivity contribution is 5.57. The predicted octanol–water partition coefficient (Wildman–Crippen LogP) is 4.14. The standard InChI is InChI=1S/C15H19N/c1-12-8-7-9-13(2)15(12)16(3)14-10-5-4-6-11-14/h4-6,10-11H,1,7-9H2,2-3H3. The fourth-order valence-electron chi connectivity index (χ4n) is 2.41. The van der Waals surface area contributed by atoms with Crippen molar-refractivity contribution >= 4 is 5.69 Å². The smallest absolute Gasteiger partial charge is 0.0423 e. The van der Waals surface area contributed by atoms with Crippen LogP contribution < -0.4 is 4.90 Å². The van der Waals surface area contributed by atoms with Crippen molar-refractivity contribution in [2.45, 2.75) is 26.2 Å². The van der Waals surface area contributed by atoms with Crippen LogP contribution in [0.5, 0.6) is 0 Å². The third-order valence-electron chi connectivity index (χ3n) is 3.25. The Labute approximate surface area is 98.1 Å². The van der Waals surface area contributed by atoms with Gasteiger partial charge >= 0.3 is 0 Å². The van der Waals surface area contributed by atoms with Crippen molar-refractivity contribution in [2.75, 3.05) is 11.9 Å². The monoisotopic (exact) mass is 213 g/mol. The molecular formula is C15H19N. The second-order valence-corrected chi connectivity index (χ2v) is 4.48. The maximum atomic E-state index is 4.19. The summed E-state index contributed by atoms with van der Waals surface area (Å²) in [5.74, 6) is 0. The van der Waals surface area contributed by atoms with Crippen molar-refractivity contribution in [2.24, 2.45) is 0 Å². The second-order valence-electron chi connectivity index (χ2n) is 4.48. The van der Waals surface area contributed by atoms with Gasteiger partial charge in [0.1, 0.15) is 0 Å². The summed E-state index contributed by atoms with van der Waals surface area (Å²) < 4.78 is 0. The first-order chi connectivity index (χ1) is 7.70. The number of allylic oxidation sites excluding steroid dienone is 2. The maximum Gasteiger partial charge on any atom is 0.0423 e. The average molecular weight is 213 g/mol. The number of hydrogen-bond acceptors (Lipinski definition) is 1. The zero-order valence-corrected chi connectivity index (χ0v) is 10.2. The summed E-state index contributed by atoms with van der Waals surface area (Å²) in [6.07, 6.45) is 3.58. The molecule has 2 rings (SSSR count). The van der Waals surface area contributed by atoms with E-state index < -0.39 is 0 Å². The third kappa shape index (κ3) is 2.04. The highest BCUT2D eigenvalue weighted by Crippen LogP contribution is 2.32. The molecule has 0 bridgehead atoms. The quantitative estimate of drug-likeness (QED) is 0.713. The molecule has 0 unspecified atom stereocenters. The Kier molecular flexibility index (Phi) is 3.14. The van der Waals surface area contributed by atoms with Gasteiger partial charge in [-0.25, -0.2) is 0 Å². The fraction of sp³-hybridized carbons (Fsp3) is 0.333. The van der Waals surface area contributed by atoms with E-state index in [9.17, 15) is 0 Å². The van der Waals surface area contributed by atoms with Crippen LogP contribution in [-0.2, 0) is 0 Å². The van der Waals surface area contributed by atoms with Gasteiger partial charge in [-0.05, 0) is 49.5 Å². The first-order valence-electron chi connectivity index (χ1n) is 5.87. The largest absolute Gasteiger partial charge is 0.344 e. The molecule has 0 radical (unpaired) electrons. The van der Waals surface area contributed by atoms with E-state index in [4.69, 9.17) is 0 Å². The van der Waals surface area contributed by atoms with Crippen molar-refractivity contribution in [1.82, 2.24) is 0 Å². The SMILES string of the molecule is C=C1CCCC(C)=C1N(C)c1ccccc1. The van der Waals surface area contributed by atoms with Crippen molar-refractivity contribution in [3.05, 3.63) is 53.8 Å². The van der Waals surface area contributed by atoms with Gasteiger partial charge in [0.2, 0.25) is 0 Å². The molecule has 1 nitrogen and oxygen atoms in total. The summed E-state index contributed by atoms with van der Waals surface area (Å²) in [6.45, 7) is 6.41. The Balaban J connectivity index is 2.34. The molecule has 0 aromatic heterocycles. The molecule has 0 amide bonds. The molecule has 1 heteroatoms. The summed E-state index contributed by atoms with van der Waals surface area (Å²) in [5, 5.41) is 0. The molecule has 0 heterocycles. The van der Waals surface area contributed by atoms with Crippen LogP contribution in [0.4, 0.5) is 5.69 Å². The van der Waals surface area contributed by atoms with Gasteiger partial charge in [0.05, 0.1) is 0 Å². The predicted molar refractivity (Wildman–Crippen MR) is 70.5 cm³/mol. The number of anilines is 1. The molecule has 0 spiro atoms. The molecule has 0 saturated carbocycles. The van der Waals surface area contributed by atoms with Gasteiger partial charge in [-0.1, -0.05) is 24.8 Å². The van der Waals surface area contributed by atoms with Crippen molar-refractivity contribution < 1.29 is 0 Å². The highest BCUT2D eigenvalue weighted by Gasteiger charge is 2.17. The van der Waals surface area contributed by atoms with E-state index in [1.54, 1.807) is 0 Å². The Bertz CT molecular complexity index is 414. The Hall–Kier alpha value is -1.50. The molecule has 84 valence electrons. The molecule has 0 fully saturated rings. The molecule has 1 aromatic rings. The lowest BCUT2D eigenvalue weighted by Crippen LogP contribution is -2.21. The topological polar surface area (TPSA) is 3.24 Å². The van der Waals surface area contributed by atoms with Crippen molar-refractivity contribution in [1.29, 1.82) is 0 Å². The number of hydrogen-bond donors (Lipinski definition) is 0. The molecule has 0 saturated heterocycles. The van der Waals surface area contributed by atoms with Crippen molar-refractivity contribution in [3.63, 3.8) is 0 Å². The van der Waals surface area contributed by atoms with Gasteiger partial charge < -0.3 is 4.90 Å². The van der Waals surface area contributed by atoms with E-state index in [-0.39, 0.29) is 0 Å².